The molecule has 0 aliphatic rings. The highest BCUT2D eigenvalue weighted by atomic mass is 32.1. The predicted molar refractivity (Wildman–Crippen MR) is 50.5 cm³/mol. The zero-order chi connectivity index (χ0) is 9.84. The van der Waals surface area contributed by atoms with Crippen molar-refractivity contribution in [2.24, 2.45) is 5.16 Å². The van der Waals surface area contributed by atoms with Crippen molar-refractivity contribution in [3.63, 3.8) is 0 Å². The molecule has 0 aliphatic carbocycles. The summed E-state index contributed by atoms with van der Waals surface area (Å²) in [7, 11) is 1.45. The van der Waals surface area contributed by atoms with Crippen LogP contribution in [0.5, 0.6) is 0 Å². The van der Waals surface area contributed by atoms with Crippen LogP contribution in [0.1, 0.15) is 21.5 Å². The summed E-state index contributed by atoms with van der Waals surface area (Å²) in [6, 6.07) is 3.27. The molecule has 0 unspecified atom stereocenters. The van der Waals surface area contributed by atoms with E-state index in [4.69, 9.17) is 5.11 Å². The fourth-order valence-corrected chi connectivity index (χ4v) is 1.61. The molecule has 0 bridgehead atoms. The highest BCUT2D eigenvalue weighted by Crippen LogP contribution is 2.17. The molecule has 0 spiro atoms. The van der Waals surface area contributed by atoms with Crippen LogP contribution in [-0.4, -0.2) is 23.9 Å². The van der Waals surface area contributed by atoms with Crippen molar-refractivity contribution in [1.29, 1.82) is 0 Å². The molecule has 1 rings (SSSR count). The van der Waals surface area contributed by atoms with E-state index in [0.29, 0.717) is 10.6 Å². The Morgan fingerprint density at radius 3 is 2.62 bits per heavy atom. The van der Waals surface area contributed by atoms with E-state index in [0.717, 1.165) is 4.88 Å². The first kappa shape index (κ1) is 9.73. The summed E-state index contributed by atoms with van der Waals surface area (Å²) >= 11 is 1.18. The van der Waals surface area contributed by atoms with Gasteiger partial charge in [0.25, 0.3) is 0 Å². The molecule has 0 aromatic carbocycles. The number of thiophene rings is 1. The Morgan fingerprint density at radius 1 is 1.54 bits per heavy atom. The average molecular weight is 199 g/mol. The highest BCUT2D eigenvalue weighted by molar-refractivity contribution is 7.15. The van der Waals surface area contributed by atoms with Crippen LogP contribution in [0.3, 0.4) is 0 Å². The molecule has 4 nitrogen and oxygen atoms in total. The van der Waals surface area contributed by atoms with Crippen LogP contribution >= 0.6 is 11.3 Å². The quantitative estimate of drug-likeness (QED) is 0.596. The van der Waals surface area contributed by atoms with Crippen LogP contribution < -0.4 is 0 Å². The van der Waals surface area contributed by atoms with Gasteiger partial charge in [-0.1, -0.05) is 5.16 Å². The summed E-state index contributed by atoms with van der Waals surface area (Å²) < 4.78 is 0. The maximum Gasteiger partial charge on any atom is 0.345 e. The molecular formula is C8H9NO3S. The molecule has 5 heteroatoms. The van der Waals surface area contributed by atoms with Gasteiger partial charge in [-0.2, -0.15) is 0 Å². The SMILES string of the molecule is CO/N=C(\C)c1ccc(C(=O)O)s1. The number of hydrogen-bond donors (Lipinski definition) is 1. The van der Waals surface area contributed by atoms with Gasteiger partial charge in [0.1, 0.15) is 12.0 Å². The van der Waals surface area contributed by atoms with Crippen LogP contribution in [0, 0.1) is 0 Å². The lowest BCUT2D eigenvalue weighted by Gasteiger charge is -1.92. The largest absolute Gasteiger partial charge is 0.477 e. The molecule has 1 aromatic rings. The first-order valence-corrected chi connectivity index (χ1v) is 4.38. The maximum atomic E-state index is 10.5. The summed E-state index contributed by atoms with van der Waals surface area (Å²) in [6.07, 6.45) is 0. The fraction of sp³-hybridized carbons (Fsp3) is 0.250. The smallest absolute Gasteiger partial charge is 0.345 e. The molecule has 13 heavy (non-hydrogen) atoms. The Morgan fingerprint density at radius 2 is 2.15 bits per heavy atom. The Balaban J connectivity index is 2.92. The van der Waals surface area contributed by atoms with E-state index in [1.807, 2.05) is 0 Å². The number of aromatic carboxylic acids is 1. The van der Waals surface area contributed by atoms with Gasteiger partial charge in [0, 0.05) is 0 Å². The zero-order valence-electron chi connectivity index (χ0n) is 7.27. The third-order valence-electron chi connectivity index (χ3n) is 1.40. The molecule has 1 heterocycles. The Bertz CT molecular complexity index is 343. The number of carboxylic acid groups (broad SMARTS) is 1. The topological polar surface area (TPSA) is 58.9 Å². The fourth-order valence-electron chi connectivity index (χ4n) is 0.829. The van der Waals surface area contributed by atoms with Crippen molar-refractivity contribution in [2.45, 2.75) is 6.92 Å². The molecule has 1 aromatic heterocycles. The first-order valence-electron chi connectivity index (χ1n) is 3.56. The molecule has 0 amide bonds. The van der Waals surface area contributed by atoms with Gasteiger partial charge in [-0.25, -0.2) is 4.79 Å². The molecule has 0 fully saturated rings. The van der Waals surface area contributed by atoms with E-state index in [1.54, 1.807) is 19.1 Å². The van der Waals surface area contributed by atoms with Gasteiger partial charge in [0.15, 0.2) is 0 Å². The minimum Gasteiger partial charge on any atom is -0.477 e. The molecule has 0 saturated heterocycles. The van der Waals surface area contributed by atoms with Crippen molar-refractivity contribution in [3.05, 3.63) is 21.9 Å². The summed E-state index contributed by atoms with van der Waals surface area (Å²) in [6.45, 7) is 1.76. The van der Waals surface area contributed by atoms with Gasteiger partial charge in [-0.15, -0.1) is 11.3 Å². The van der Waals surface area contributed by atoms with Crippen LogP contribution in [0.15, 0.2) is 17.3 Å². The lowest BCUT2D eigenvalue weighted by Crippen LogP contribution is -1.91. The summed E-state index contributed by atoms with van der Waals surface area (Å²) in [4.78, 5) is 16.2. The number of hydrogen-bond acceptors (Lipinski definition) is 4. The minimum atomic E-state index is -0.915. The maximum absolute atomic E-state index is 10.5. The number of nitrogens with zero attached hydrogens (tertiary/aromatic N) is 1. The van der Waals surface area contributed by atoms with Gasteiger partial charge in [0.05, 0.1) is 10.6 Å². The number of carbonyl (C=O) groups is 1. The van der Waals surface area contributed by atoms with E-state index in [1.165, 1.54) is 18.4 Å². The first-order chi connectivity index (χ1) is 6.15. The Kier molecular flexibility index (Phi) is 3.02. The third-order valence-corrected chi connectivity index (χ3v) is 2.58. The summed E-state index contributed by atoms with van der Waals surface area (Å²) in [5.74, 6) is -0.915. The van der Waals surface area contributed by atoms with Gasteiger partial charge in [0.2, 0.25) is 0 Å². The van der Waals surface area contributed by atoms with Crippen molar-refractivity contribution in [2.75, 3.05) is 7.11 Å². The van der Waals surface area contributed by atoms with E-state index >= 15 is 0 Å². The zero-order valence-corrected chi connectivity index (χ0v) is 8.09. The van der Waals surface area contributed by atoms with E-state index in [-0.39, 0.29) is 0 Å². The van der Waals surface area contributed by atoms with Gasteiger partial charge >= 0.3 is 5.97 Å². The number of rotatable bonds is 3. The Hall–Kier alpha value is -1.36. The van der Waals surface area contributed by atoms with Gasteiger partial charge in [-0.05, 0) is 19.1 Å². The van der Waals surface area contributed by atoms with Crippen molar-refractivity contribution >= 4 is 23.0 Å². The molecular weight excluding hydrogens is 190 g/mol. The summed E-state index contributed by atoms with van der Waals surface area (Å²) in [5, 5.41) is 12.4. The average Bonchev–Trinajstić information content (AvgIpc) is 2.52. The summed E-state index contributed by atoms with van der Waals surface area (Å²) in [5.41, 5.74) is 0.681. The lowest BCUT2D eigenvalue weighted by molar-refractivity contribution is 0.0702. The molecule has 0 atom stereocenters. The van der Waals surface area contributed by atoms with Gasteiger partial charge < -0.3 is 9.94 Å². The molecule has 0 aliphatic heterocycles. The second-order valence-electron chi connectivity index (χ2n) is 2.33. The monoisotopic (exact) mass is 199 g/mol. The van der Waals surface area contributed by atoms with Crippen molar-refractivity contribution in [1.82, 2.24) is 0 Å². The predicted octanol–water partition coefficient (Wildman–Crippen LogP) is 1.82. The standard InChI is InChI=1S/C8H9NO3S/c1-5(9-12-2)6-3-4-7(13-6)8(10)11/h3-4H,1-2H3,(H,10,11)/b9-5+. The lowest BCUT2D eigenvalue weighted by atomic mass is 10.3. The molecule has 1 N–H and O–H groups in total. The van der Waals surface area contributed by atoms with E-state index in [2.05, 4.69) is 9.99 Å². The van der Waals surface area contributed by atoms with Crippen LogP contribution in [-0.2, 0) is 4.84 Å². The number of carboxylic acids is 1. The van der Waals surface area contributed by atoms with E-state index in [9.17, 15) is 4.79 Å². The molecule has 70 valence electrons. The number of oxime groups is 1. The second-order valence-corrected chi connectivity index (χ2v) is 3.41. The molecule has 0 radical (unpaired) electrons. The van der Waals surface area contributed by atoms with Crippen molar-refractivity contribution < 1.29 is 14.7 Å². The minimum absolute atomic E-state index is 0.306. The van der Waals surface area contributed by atoms with Gasteiger partial charge in [-0.3, -0.25) is 0 Å². The normalized spacial score (nSPS) is 11.4. The van der Waals surface area contributed by atoms with Crippen molar-refractivity contribution in [3.8, 4) is 0 Å². The van der Waals surface area contributed by atoms with Crippen LogP contribution in [0.25, 0.3) is 0 Å². The van der Waals surface area contributed by atoms with E-state index < -0.39 is 5.97 Å². The second kappa shape index (κ2) is 4.04. The highest BCUT2D eigenvalue weighted by Gasteiger charge is 2.08. The Labute approximate surface area is 79.5 Å². The van der Waals surface area contributed by atoms with Crippen LogP contribution in [0.4, 0.5) is 0 Å². The van der Waals surface area contributed by atoms with Crippen LogP contribution in [0.2, 0.25) is 0 Å². The third kappa shape index (κ3) is 2.29. The molecule has 0 saturated carbocycles.